The highest BCUT2D eigenvalue weighted by Crippen LogP contribution is 2.22. The maximum Gasteiger partial charge on any atom is 0.310 e. The molecule has 0 aliphatic heterocycles. The van der Waals surface area contributed by atoms with E-state index >= 15 is 0 Å². The minimum Gasteiger partial charge on any atom is -0.435 e. The van der Waals surface area contributed by atoms with Crippen LogP contribution in [0.2, 0.25) is 0 Å². The molecule has 0 radical (unpaired) electrons. The lowest BCUT2D eigenvalue weighted by Crippen LogP contribution is -2.04. The topological polar surface area (TPSA) is 26.3 Å². The van der Waals surface area contributed by atoms with Gasteiger partial charge in [-0.15, -0.1) is 0 Å². The first-order valence-electron chi connectivity index (χ1n) is 5.76. The second-order valence-corrected chi connectivity index (χ2v) is 5.08. The van der Waals surface area contributed by atoms with Crippen LogP contribution in [0.15, 0.2) is 12.3 Å². The summed E-state index contributed by atoms with van der Waals surface area (Å²) in [6, 6.07) is 0. The van der Waals surface area contributed by atoms with Gasteiger partial charge in [-0.1, -0.05) is 39.7 Å². The van der Waals surface area contributed by atoms with Gasteiger partial charge >= 0.3 is 5.97 Å². The summed E-state index contributed by atoms with van der Waals surface area (Å²) >= 11 is 0. The van der Waals surface area contributed by atoms with Crippen molar-refractivity contribution < 1.29 is 9.53 Å². The third kappa shape index (κ3) is 11.1. The molecule has 0 fully saturated rings. The van der Waals surface area contributed by atoms with E-state index in [1.807, 2.05) is 6.92 Å². The van der Waals surface area contributed by atoms with Gasteiger partial charge in [-0.2, -0.15) is 0 Å². The van der Waals surface area contributed by atoms with Crippen molar-refractivity contribution >= 4 is 5.97 Å². The molecule has 0 bridgehead atoms. The molecule has 0 aromatic carbocycles. The molecule has 0 saturated heterocycles. The van der Waals surface area contributed by atoms with E-state index in [1.165, 1.54) is 19.1 Å². The summed E-state index contributed by atoms with van der Waals surface area (Å²) in [6.45, 7) is 8.56. The summed E-state index contributed by atoms with van der Waals surface area (Å²) in [7, 11) is 0. The average Bonchev–Trinajstić information content (AvgIpc) is 2.12. The highest BCUT2D eigenvalue weighted by molar-refractivity contribution is 5.69. The Morgan fingerprint density at radius 1 is 1.20 bits per heavy atom. The monoisotopic (exact) mass is 212 g/mol. The van der Waals surface area contributed by atoms with Crippen LogP contribution in [0.3, 0.4) is 0 Å². The molecule has 0 rings (SSSR count). The molecule has 2 nitrogen and oxygen atoms in total. The molecule has 0 N–H and O–H groups in total. The molecule has 2 heteroatoms. The Hall–Kier alpha value is -0.790. The number of hydrogen-bond acceptors (Lipinski definition) is 2. The van der Waals surface area contributed by atoms with Crippen LogP contribution < -0.4 is 0 Å². The molecule has 0 aliphatic rings. The lowest BCUT2D eigenvalue weighted by Gasteiger charge is -2.17. The SMILES string of the molecule is CC=COC(=O)CCCCCC(C)(C)C. The van der Waals surface area contributed by atoms with E-state index in [0.29, 0.717) is 11.8 Å². The van der Waals surface area contributed by atoms with E-state index in [-0.39, 0.29) is 5.97 Å². The Morgan fingerprint density at radius 2 is 1.87 bits per heavy atom. The first-order valence-corrected chi connectivity index (χ1v) is 5.76. The van der Waals surface area contributed by atoms with Crippen molar-refractivity contribution in [3.8, 4) is 0 Å². The van der Waals surface area contributed by atoms with Gasteiger partial charge in [-0.25, -0.2) is 0 Å². The van der Waals surface area contributed by atoms with Gasteiger partial charge in [0.1, 0.15) is 0 Å². The van der Waals surface area contributed by atoms with Crippen molar-refractivity contribution in [2.75, 3.05) is 0 Å². The van der Waals surface area contributed by atoms with Crippen LogP contribution in [-0.2, 0) is 9.53 Å². The third-order valence-electron chi connectivity index (χ3n) is 2.14. The van der Waals surface area contributed by atoms with Gasteiger partial charge in [0.25, 0.3) is 0 Å². The number of esters is 1. The summed E-state index contributed by atoms with van der Waals surface area (Å²) in [4.78, 5) is 11.1. The molecule has 0 saturated carbocycles. The molecule has 0 aromatic rings. The van der Waals surface area contributed by atoms with Crippen molar-refractivity contribution in [1.82, 2.24) is 0 Å². The second kappa shape index (κ2) is 7.49. The van der Waals surface area contributed by atoms with Crippen molar-refractivity contribution in [3.63, 3.8) is 0 Å². The predicted molar refractivity (Wildman–Crippen MR) is 63.4 cm³/mol. The number of carbonyl (C=O) groups is 1. The predicted octanol–water partition coefficient (Wildman–Crippen LogP) is 4.06. The molecule has 88 valence electrons. The van der Waals surface area contributed by atoms with E-state index in [9.17, 15) is 4.79 Å². The van der Waals surface area contributed by atoms with Crippen LogP contribution in [0, 0.1) is 5.41 Å². The van der Waals surface area contributed by atoms with Crippen LogP contribution in [0.5, 0.6) is 0 Å². The Morgan fingerprint density at radius 3 is 2.40 bits per heavy atom. The van der Waals surface area contributed by atoms with Crippen molar-refractivity contribution in [3.05, 3.63) is 12.3 Å². The van der Waals surface area contributed by atoms with Crippen LogP contribution in [-0.4, -0.2) is 5.97 Å². The molecule has 0 spiro atoms. The molecule has 0 atom stereocenters. The minimum absolute atomic E-state index is 0.121. The Balaban J connectivity index is 3.35. The van der Waals surface area contributed by atoms with E-state index < -0.39 is 0 Å². The second-order valence-electron chi connectivity index (χ2n) is 5.08. The number of hydrogen-bond donors (Lipinski definition) is 0. The maximum absolute atomic E-state index is 11.1. The summed E-state index contributed by atoms with van der Waals surface area (Å²) in [6.07, 6.45) is 8.16. The summed E-state index contributed by atoms with van der Waals surface area (Å²) in [5.41, 5.74) is 0.408. The Kier molecular flexibility index (Phi) is 7.10. The van der Waals surface area contributed by atoms with Crippen molar-refractivity contribution in [2.45, 2.75) is 59.8 Å². The lowest BCUT2D eigenvalue weighted by atomic mass is 9.89. The first kappa shape index (κ1) is 14.2. The smallest absolute Gasteiger partial charge is 0.310 e. The van der Waals surface area contributed by atoms with E-state index in [4.69, 9.17) is 4.74 Å². The van der Waals surface area contributed by atoms with E-state index in [2.05, 4.69) is 20.8 Å². The molecule has 0 aliphatic carbocycles. The first-order chi connectivity index (χ1) is 6.95. The molecule has 0 heterocycles. The van der Waals surface area contributed by atoms with Crippen LogP contribution in [0.25, 0.3) is 0 Å². The molecular formula is C13H24O2. The van der Waals surface area contributed by atoms with Gasteiger partial charge < -0.3 is 4.74 Å². The number of carbonyl (C=O) groups excluding carboxylic acids is 1. The van der Waals surface area contributed by atoms with Crippen LogP contribution >= 0.6 is 0 Å². The standard InChI is InChI=1S/C13H24O2/c1-5-11-15-12(14)9-7-6-8-10-13(2,3)4/h5,11H,6-10H2,1-4H3. The number of rotatable bonds is 6. The zero-order valence-corrected chi connectivity index (χ0v) is 10.5. The molecule has 0 amide bonds. The van der Waals surface area contributed by atoms with Crippen molar-refractivity contribution in [2.24, 2.45) is 5.41 Å². The average molecular weight is 212 g/mol. The van der Waals surface area contributed by atoms with Crippen LogP contribution in [0.1, 0.15) is 59.8 Å². The van der Waals surface area contributed by atoms with E-state index in [0.717, 1.165) is 12.8 Å². The molecular weight excluding hydrogens is 188 g/mol. The zero-order chi connectivity index (χ0) is 11.7. The largest absolute Gasteiger partial charge is 0.435 e. The summed E-state index contributed by atoms with van der Waals surface area (Å²) in [5.74, 6) is -0.121. The van der Waals surface area contributed by atoms with E-state index in [1.54, 1.807) is 6.08 Å². The zero-order valence-electron chi connectivity index (χ0n) is 10.5. The highest BCUT2D eigenvalue weighted by atomic mass is 16.5. The summed E-state index contributed by atoms with van der Waals surface area (Å²) < 4.78 is 4.82. The van der Waals surface area contributed by atoms with Gasteiger partial charge in [-0.05, 0) is 25.2 Å². The lowest BCUT2D eigenvalue weighted by molar-refractivity contribution is -0.138. The Bertz CT molecular complexity index is 199. The fourth-order valence-electron chi connectivity index (χ4n) is 1.30. The quantitative estimate of drug-likeness (QED) is 0.377. The molecule has 15 heavy (non-hydrogen) atoms. The minimum atomic E-state index is -0.121. The van der Waals surface area contributed by atoms with Gasteiger partial charge in [0, 0.05) is 6.42 Å². The number of unbranched alkanes of at least 4 members (excludes halogenated alkanes) is 2. The van der Waals surface area contributed by atoms with Gasteiger partial charge in [0.2, 0.25) is 0 Å². The van der Waals surface area contributed by atoms with Crippen molar-refractivity contribution in [1.29, 1.82) is 0 Å². The fourth-order valence-corrected chi connectivity index (χ4v) is 1.30. The summed E-state index contributed by atoms with van der Waals surface area (Å²) in [5, 5.41) is 0. The fraction of sp³-hybridized carbons (Fsp3) is 0.769. The molecule has 0 aromatic heterocycles. The van der Waals surface area contributed by atoms with Crippen LogP contribution in [0.4, 0.5) is 0 Å². The third-order valence-corrected chi connectivity index (χ3v) is 2.14. The Labute approximate surface area is 93.7 Å². The number of allylic oxidation sites excluding steroid dienone is 1. The van der Waals surface area contributed by atoms with Gasteiger partial charge in [0.05, 0.1) is 6.26 Å². The number of ether oxygens (including phenoxy) is 1. The van der Waals surface area contributed by atoms with Gasteiger partial charge in [0.15, 0.2) is 0 Å². The highest BCUT2D eigenvalue weighted by Gasteiger charge is 2.09. The van der Waals surface area contributed by atoms with Gasteiger partial charge in [-0.3, -0.25) is 4.79 Å². The maximum atomic E-state index is 11.1. The molecule has 0 unspecified atom stereocenters. The normalized spacial score (nSPS) is 12.0.